The van der Waals surface area contributed by atoms with Gasteiger partial charge in [-0.15, -0.1) is 0 Å². The van der Waals surface area contributed by atoms with Crippen molar-refractivity contribution in [1.29, 1.82) is 0 Å². The van der Waals surface area contributed by atoms with Gasteiger partial charge in [-0.05, 0) is 0 Å². The lowest BCUT2D eigenvalue weighted by Crippen LogP contribution is -2.11. The number of Topliss-reactive ketones (excluding diaryl/α,β-unsaturated/α-hetero) is 1. The fourth-order valence-corrected chi connectivity index (χ4v) is 0.664. The van der Waals surface area contributed by atoms with Gasteiger partial charge in [-0.1, -0.05) is 0 Å². The van der Waals surface area contributed by atoms with Gasteiger partial charge in [0.05, 0.1) is 0 Å². The van der Waals surface area contributed by atoms with E-state index >= 15 is 0 Å². The third-order valence-electron chi connectivity index (χ3n) is 0.796. The fourth-order valence-electron chi connectivity index (χ4n) is 0.252. The zero-order valence-corrected chi connectivity index (χ0v) is 6.78. The highest BCUT2D eigenvalue weighted by Crippen LogP contribution is 2.41. The second-order valence-electron chi connectivity index (χ2n) is 1.62. The molecule has 0 aliphatic rings. The number of aliphatic hydroxyl groups is 1. The second-order valence-corrected chi connectivity index (χ2v) is 3.18. The van der Waals surface area contributed by atoms with Crippen molar-refractivity contribution in [2.75, 3.05) is 20.3 Å². The number of carbonyl (C=O) groups is 1. The molecule has 0 aromatic heterocycles. The maximum absolute atomic E-state index is 10.5. The maximum atomic E-state index is 10.5. The largest absolute Gasteiger partial charge is 0.472 e. The van der Waals surface area contributed by atoms with Gasteiger partial charge in [-0.25, -0.2) is 4.57 Å². The number of aliphatic hydroxyl groups excluding tert-OH is 1. The summed E-state index contributed by atoms with van der Waals surface area (Å²) in [5, 5.41) is 8.16. The normalized spacial score (nSPS) is 15.9. The Labute approximate surface area is 63.4 Å². The number of phosphoric ester groups is 1. The summed E-state index contributed by atoms with van der Waals surface area (Å²) in [6.07, 6.45) is 0. The Morgan fingerprint density at radius 1 is 1.64 bits per heavy atom. The Morgan fingerprint density at radius 2 is 2.18 bits per heavy atom. The van der Waals surface area contributed by atoms with E-state index in [1.807, 2.05) is 0 Å². The lowest BCUT2D eigenvalue weighted by Gasteiger charge is -2.06. The summed E-state index contributed by atoms with van der Waals surface area (Å²) in [5.41, 5.74) is 0. The van der Waals surface area contributed by atoms with Gasteiger partial charge in [0, 0.05) is 7.11 Å². The van der Waals surface area contributed by atoms with Crippen molar-refractivity contribution < 1.29 is 28.4 Å². The molecule has 0 aromatic rings. The minimum atomic E-state index is -4.07. The summed E-state index contributed by atoms with van der Waals surface area (Å²) >= 11 is 0. The van der Waals surface area contributed by atoms with Gasteiger partial charge in [-0.3, -0.25) is 13.8 Å². The van der Waals surface area contributed by atoms with Crippen molar-refractivity contribution in [1.82, 2.24) is 0 Å². The van der Waals surface area contributed by atoms with Gasteiger partial charge >= 0.3 is 7.82 Å². The molecule has 0 radical (unpaired) electrons. The molecule has 0 amide bonds. The number of carbonyl (C=O) groups excluding carboxylic acids is 1. The first-order valence-corrected chi connectivity index (χ1v) is 4.17. The molecule has 2 N–H and O–H groups in total. The smallest absolute Gasteiger partial charge is 0.388 e. The first kappa shape index (κ1) is 10.7. The van der Waals surface area contributed by atoms with E-state index < -0.39 is 26.8 Å². The molecule has 0 spiro atoms. The van der Waals surface area contributed by atoms with Gasteiger partial charge in [0.25, 0.3) is 0 Å². The summed E-state index contributed by atoms with van der Waals surface area (Å²) in [7, 11) is -3.10. The van der Waals surface area contributed by atoms with E-state index in [1.165, 1.54) is 0 Å². The molecule has 6 nitrogen and oxygen atoms in total. The third kappa shape index (κ3) is 5.06. The maximum Gasteiger partial charge on any atom is 0.472 e. The molecule has 1 unspecified atom stereocenters. The van der Waals surface area contributed by atoms with Crippen LogP contribution in [0.1, 0.15) is 0 Å². The molecule has 0 fully saturated rings. The van der Waals surface area contributed by atoms with Crippen LogP contribution in [0.25, 0.3) is 0 Å². The molecule has 0 bridgehead atoms. The molecule has 11 heavy (non-hydrogen) atoms. The van der Waals surface area contributed by atoms with E-state index in [2.05, 4.69) is 9.05 Å². The van der Waals surface area contributed by atoms with Crippen LogP contribution < -0.4 is 0 Å². The Bertz CT molecular complexity index is 177. The Morgan fingerprint density at radius 3 is 2.55 bits per heavy atom. The monoisotopic (exact) mass is 184 g/mol. The highest BCUT2D eigenvalue weighted by atomic mass is 31.2. The van der Waals surface area contributed by atoms with E-state index in [4.69, 9.17) is 10.00 Å². The molecule has 66 valence electrons. The molecule has 0 aliphatic heterocycles. The minimum Gasteiger partial charge on any atom is -0.388 e. The SMILES string of the molecule is COP(=O)(O)OCC(=O)CO. The molecule has 0 rings (SSSR count). The van der Waals surface area contributed by atoms with Crippen LogP contribution in [-0.4, -0.2) is 36.1 Å². The quantitative estimate of drug-likeness (QED) is 0.549. The van der Waals surface area contributed by atoms with Crippen LogP contribution in [0.5, 0.6) is 0 Å². The zero-order chi connectivity index (χ0) is 8.91. The van der Waals surface area contributed by atoms with Gasteiger partial charge in [0.1, 0.15) is 13.2 Å². The second kappa shape index (κ2) is 4.58. The van der Waals surface area contributed by atoms with Crippen molar-refractivity contribution in [3.63, 3.8) is 0 Å². The minimum absolute atomic E-state index is 0.627. The third-order valence-corrected chi connectivity index (χ3v) is 1.71. The number of hydrogen-bond acceptors (Lipinski definition) is 5. The number of ketones is 1. The van der Waals surface area contributed by atoms with E-state index in [9.17, 15) is 9.36 Å². The van der Waals surface area contributed by atoms with Crippen LogP contribution in [-0.2, 0) is 18.4 Å². The van der Waals surface area contributed by atoms with Gasteiger partial charge in [0.2, 0.25) is 0 Å². The van der Waals surface area contributed by atoms with Crippen molar-refractivity contribution in [2.45, 2.75) is 0 Å². The average Bonchev–Trinajstić information content (AvgIpc) is 2.00. The van der Waals surface area contributed by atoms with E-state index in [0.29, 0.717) is 0 Å². The predicted octanol–water partition coefficient (Wildman–Crippen LogP) is -0.689. The molecule has 0 aliphatic carbocycles. The van der Waals surface area contributed by atoms with Gasteiger partial charge in [-0.2, -0.15) is 0 Å². The predicted molar refractivity (Wildman–Crippen MR) is 34.9 cm³/mol. The highest BCUT2D eigenvalue weighted by Gasteiger charge is 2.19. The first-order valence-electron chi connectivity index (χ1n) is 2.67. The average molecular weight is 184 g/mol. The van der Waals surface area contributed by atoms with Crippen LogP contribution in [0.15, 0.2) is 0 Å². The molecular weight excluding hydrogens is 175 g/mol. The lowest BCUT2D eigenvalue weighted by molar-refractivity contribution is -0.124. The molecule has 0 aromatic carbocycles. The molecule has 0 saturated carbocycles. The first-order chi connectivity index (χ1) is 5.02. The topological polar surface area (TPSA) is 93.1 Å². The summed E-state index contributed by atoms with van der Waals surface area (Å²) in [5.74, 6) is -0.684. The molecule has 0 saturated heterocycles. The van der Waals surface area contributed by atoms with Crippen LogP contribution >= 0.6 is 7.82 Å². The van der Waals surface area contributed by atoms with Crippen molar-refractivity contribution in [3.05, 3.63) is 0 Å². The highest BCUT2D eigenvalue weighted by molar-refractivity contribution is 7.47. The van der Waals surface area contributed by atoms with E-state index in [0.717, 1.165) is 7.11 Å². The summed E-state index contributed by atoms with van der Waals surface area (Å²) in [6.45, 7) is -1.35. The Balaban J connectivity index is 3.70. The van der Waals surface area contributed by atoms with Crippen LogP contribution in [0.3, 0.4) is 0 Å². The Hall–Kier alpha value is -0.260. The number of hydrogen-bond donors (Lipinski definition) is 2. The van der Waals surface area contributed by atoms with E-state index in [1.54, 1.807) is 0 Å². The van der Waals surface area contributed by atoms with Crippen molar-refractivity contribution in [2.24, 2.45) is 0 Å². The molecule has 1 atom stereocenters. The van der Waals surface area contributed by atoms with Gasteiger partial charge in [0.15, 0.2) is 5.78 Å². The summed E-state index contributed by atoms with van der Waals surface area (Å²) < 4.78 is 18.6. The fraction of sp³-hybridized carbons (Fsp3) is 0.750. The summed E-state index contributed by atoms with van der Waals surface area (Å²) in [6, 6.07) is 0. The standard InChI is InChI=1S/C4H9O6P/c1-9-11(7,8)10-3-4(6)2-5/h5H,2-3H2,1H3,(H,7,8). The number of phosphoric acid groups is 1. The summed E-state index contributed by atoms with van der Waals surface area (Å²) in [4.78, 5) is 18.9. The van der Waals surface area contributed by atoms with Crippen molar-refractivity contribution >= 4 is 13.6 Å². The van der Waals surface area contributed by atoms with Crippen LogP contribution in [0.2, 0.25) is 0 Å². The Kier molecular flexibility index (Phi) is 4.48. The van der Waals surface area contributed by atoms with Gasteiger partial charge < -0.3 is 10.00 Å². The van der Waals surface area contributed by atoms with Crippen LogP contribution in [0.4, 0.5) is 0 Å². The van der Waals surface area contributed by atoms with Crippen LogP contribution in [0, 0.1) is 0 Å². The van der Waals surface area contributed by atoms with Crippen molar-refractivity contribution in [3.8, 4) is 0 Å². The lowest BCUT2D eigenvalue weighted by atomic mass is 10.5. The zero-order valence-electron chi connectivity index (χ0n) is 5.89. The molecular formula is C4H9O6P. The number of rotatable bonds is 5. The molecule has 0 heterocycles. The molecule has 7 heteroatoms. The van der Waals surface area contributed by atoms with E-state index in [-0.39, 0.29) is 0 Å².